The van der Waals surface area contributed by atoms with E-state index in [-0.39, 0.29) is 6.61 Å². The lowest BCUT2D eigenvalue weighted by Gasteiger charge is -2.31. The minimum absolute atomic E-state index is 0.0352. The van der Waals surface area contributed by atoms with Crippen molar-refractivity contribution in [1.82, 2.24) is 0 Å². The van der Waals surface area contributed by atoms with Crippen molar-refractivity contribution in [2.45, 2.75) is 19.9 Å². The van der Waals surface area contributed by atoms with Crippen LogP contribution in [0.5, 0.6) is 17.2 Å². The van der Waals surface area contributed by atoms with E-state index in [2.05, 4.69) is 0 Å². The number of aliphatic hydroxyl groups excluding tert-OH is 1. The van der Waals surface area contributed by atoms with E-state index >= 15 is 0 Å². The van der Waals surface area contributed by atoms with E-state index in [1.165, 1.54) is 0 Å². The summed E-state index contributed by atoms with van der Waals surface area (Å²) in [5, 5.41) is 9.47. The molecule has 1 aromatic carbocycles. The number of aliphatic hydroxyl groups is 1. The van der Waals surface area contributed by atoms with Crippen LogP contribution in [0.25, 0.3) is 0 Å². The molecule has 0 aliphatic rings. The lowest BCUT2D eigenvalue weighted by Crippen LogP contribution is -2.33. The molecule has 5 heteroatoms. The average Bonchev–Trinajstić information content (AvgIpc) is 2.44. The van der Waals surface area contributed by atoms with Crippen LogP contribution in [0.15, 0.2) is 12.1 Å². The van der Waals surface area contributed by atoms with Gasteiger partial charge in [-0.05, 0) is 0 Å². The van der Waals surface area contributed by atoms with Crippen LogP contribution in [0.4, 0.5) is 0 Å². The summed E-state index contributed by atoms with van der Waals surface area (Å²) in [5.74, 6) is 1.81. The molecule has 0 aliphatic heterocycles. The van der Waals surface area contributed by atoms with Gasteiger partial charge in [0.1, 0.15) is 17.2 Å². The molecule has 0 bridgehead atoms. The van der Waals surface area contributed by atoms with Crippen LogP contribution in [0.2, 0.25) is 0 Å². The van der Waals surface area contributed by atoms with Gasteiger partial charge in [0, 0.05) is 30.2 Å². The van der Waals surface area contributed by atoms with Gasteiger partial charge in [-0.25, -0.2) is 0 Å². The summed E-state index contributed by atoms with van der Waals surface area (Å²) in [6.07, 6.45) is 0. The first-order valence-electron chi connectivity index (χ1n) is 6.07. The highest BCUT2D eigenvalue weighted by Gasteiger charge is 2.32. The van der Waals surface area contributed by atoms with Crippen molar-refractivity contribution < 1.29 is 19.3 Å². The molecule has 1 aromatic rings. The molecule has 0 spiro atoms. The molecule has 19 heavy (non-hydrogen) atoms. The Balaban J connectivity index is 3.39. The van der Waals surface area contributed by atoms with Crippen molar-refractivity contribution >= 4 is 0 Å². The van der Waals surface area contributed by atoms with Crippen LogP contribution in [0.3, 0.4) is 0 Å². The zero-order valence-corrected chi connectivity index (χ0v) is 12.2. The number of hydrogen-bond acceptors (Lipinski definition) is 5. The molecule has 0 saturated carbocycles. The van der Waals surface area contributed by atoms with E-state index in [0.717, 1.165) is 5.56 Å². The van der Waals surface area contributed by atoms with Crippen LogP contribution >= 0.6 is 0 Å². The first kappa shape index (κ1) is 15.6. The third-order valence-corrected chi connectivity index (χ3v) is 3.31. The van der Waals surface area contributed by atoms with Crippen LogP contribution in [0, 0.1) is 5.41 Å². The molecular formula is C14H23NO4. The Morgan fingerprint density at radius 2 is 1.58 bits per heavy atom. The van der Waals surface area contributed by atoms with Gasteiger partial charge in [0.25, 0.3) is 0 Å². The van der Waals surface area contributed by atoms with E-state index in [1.807, 2.05) is 13.8 Å². The highest BCUT2D eigenvalue weighted by molar-refractivity contribution is 5.52. The van der Waals surface area contributed by atoms with E-state index in [9.17, 15) is 5.11 Å². The fraction of sp³-hybridized carbons (Fsp3) is 0.571. The minimum atomic E-state index is -0.491. The molecule has 5 nitrogen and oxygen atoms in total. The largest absolute Gasteiger partial charge is 0.496 e. The molecule has 0 radical (unpaired) electrons. The fourth-order valence-electron chi connectivity index (χ4n) is 1.83. The fourth-order valence-corrected chi connectivity index (χ4v) is 1.83. The molecule has 0 amide bonds. The molecule has 0 aliphatic carbocycles. The monoisotopic (exact) mass is 269 g/mol. The molecular weight excluding hydrogens is 246 g/mol. The summed E-state index contributed by atoms with van der Waals surface area (Å²) >= 11 is 0. The Bertz CT molecular complexity index is 406. The predicted octanol–water partition coefficient (Wildman–Crippen LogP) is 1.73. The second-order valence-corrected chi connectivity index (χ2v) is 5.07. The Hall–Kier alpha value is -1.46. The quantitative estimate of drug-likeness (QED) is 0.822. The van der Waals surface area contributed by atoms with Gasteiger partial charge in [0.15, 0.2) is 0 Å². The maximum absolute atomic E-state index is 9.47. The number of rotatable bonds is 6. The summed E-state index contributed by atoms with van der Waals surface area (Å²) < 4.78 is 15.9. The molecule has 0 fully saturated rings. The summed E-state index contributed by atoms with van der Waals surface area (Å²) in [6.45, 7) is 3.74. The van der Waals surface area contributed by atoms with Crippen LogP contribution in [-0.2, 0) is 0 Å². The van der Waals surface area contributed by atoms with Gasteiger partial charge in [-0.15, -0.1) is 0 Å². The van der Waals surface area contributed by atoms with Crippen LogP contribution in [0.1, 0.15) is 25.5 Å². The zero-order valence-electron chi connectivity index (χ0n) is 12.2. The van der Waals surface area contributed by atoms with Crippen molar-refractivity contribution in [2.75, 3.05) is 27.9 Å². The van der Waals surface area contributed by atoms with Gasteiger partial charge in [-0.3, -0.25) is 0 Å². The first-order chi connectivity index (χ1) is 8.91. The molecule has 0 heterocycles. The highest BCUT2D eigenvalue weighted by Crippen LogP contribution is 2.43. The Kier molecular flexibility index (Phi) is 5.03. The van der Waals surface area contributed by atoms with E-state index in [0.29, 0.717) is 17.2 Å². The van der Waals surface area contributed by atoms with E-state index in [4.69, 9.17) is 19.9 Å². The second-order valence-electron chi connectivity index (χ2n) is 5.07. The Labute approximate surface area is 114 Å². The Morgan fingerprint density at radius 1 is 1.11 bits per heavy atom. The molecule has 0 aromatic heterocycles. The zero-order chi connectivity index (χ0) is 14.6. The smallest absolute Gasteiger partial charge is 0.131 e. The third kappa shape index (κ3) is 3.11. The van der Waals surface area contributed by atoms with Crippen molar-refractivity contribution in [1.29, 1.82) is 0 Å². The maximum Gasteiger partial charge on any atom is 0.131 e. The van der Waals surface area contributed by atoms with Gasteiger partial charge in [-0.2, -0.15) is 0 Å². The molecule has 0 saturated heterocycles. The van der Waals surface area contributed by atoms with Gasteiger partial charge in [-0.1, -0.05) is 13.8 Å². The lowest BCUT2D eigenvalue weighted by molar-refractivity contribution is 0.129. The van der Waals surface area contributed by atoms with Crippen molar-refractivity contribution in [3.8, 4) is 17.2 Å². The third-order valence-electron chi connectivity index (χ3n) is 3.31. The number of hydrogen-bond donors (Lipinski definition) is 2. The van der Waals surface area contributed by atoms with Gasteiger partial charge >= 0.3 is 0 Å². The SMILES string of the molecule is COc1cc(OC)c([C@H](N)C(C)(C)CO)c(OC)c1. The number of methoxy groups -OCH3 is 3. The number of ether oxygens (including phenoxy) is 3. The summed E-state index contributed by atoms with van der Waals surface area (Å²) in [6, 6.07) is 3.09. The molecule has 1 rings (SSSR count). The Morgan fingerprint density at radius 3 is 1.89 bits per heavy atom. The summed E-state index contributed by atoms with van der Waals surface area (Å²) in [7, 11) is 4.71. The predicted molar refractivity (Wildman–Crippen MR) is 73.9 cm³/mol. The first-order valence-corrected chi connectivity index (χ1v) is 6.07. The molecule has 1 atom stereocenters. The number of benzene rings is 1. The van der Waals surface area contributed by atoms with Crippen molar-refractivity contribution in [2.24, 2.45) is 11.1 Å². The highest BCUT2D eigenvalue weighted by atomic mass is 16.5. The topological polar surface area (TPSA) is 73.9 Å². The van der Waals surface area contributed by atoms with Crippen LogP contribution in [-0.4, -0.2) is 33.0 Å². The standard InChI is InChI=1S/C14H23NO4/c1-14(2,8-16)13(15)12-10(18-4)6-9(17-3)7-11(12)19-5/h6-7,13,16H,8,15H2,1-5H3/t13-/m0/s1. The summed E-state index contributed by atoms with van der Waals surface area (Å²) in [5.41, 5.74) is 6.50. The lowest BCUT2D eigenvalue weighted by atomic mass is 9.81. The number of nitrogens with two attached hydrogens (primary N) is 1. The molecule has 3 N–H and O–H groups in total. The maximum atomic E-state index is 9.47. The summed E-state index contributed by atoms with van der Waals surface area (Å²) in [4.78, 5) is 0. The van der Waals surface area contributed by atoms with E-state index < -0.39 is 11.5 Å². The average molecular weight is 269 g/mol. The van der Waals surface area contributed by atoms with Crippen molar-refractivity contribution in [3.63, 3.8) is 0 Å². The van der Waals surface area contributed by atoms with E-state index in [1.54, 1.807) is 33.5 Å². The van der Waals surface area contributed by atoms with Gasteiger partial charge < -0.3 is 25.1 Å². The van der Waals surface area contributed by atoms with Gasteiger partial charge in [0.2, 0.25) is 0 Å². The van der Waals surface area contributed by atoms with Crippen molar-refractivity contribution in [3.05, 3.63) is 17.7 Å². The van der Waals surface area contributed by atoms with Gasteiger partial charge in [0.05, 0.1) is 26.9 Å². The molecule has 0 unspecified atom stereocenters. The van der Waals surface area contributed by atoms with Crippen LogP contribution < -0.4 is 19.9 Å². The minimum Gasteiger partial charge on any atom is -0.496 e. The normalized spacial score (nSPS) is 13.0. The molecule has 108 valence electrons. The second kappa shape index (κ2) is 6.12.